The molecular weight excluding hydrogens is 256 g/mol. The molecule has 0 spiro atoms. The van der Waals surface area contributed by atoms with Crippen molar-refractivity contribution in [2.75, 3.05) is 6.54 Å². The molecule has 2 N–H and O–H groups in total. The van der Waals surface area contributed by atoms with Crippen LogP contribution in [0.2, 0.25) is 0 Å². The monoisotopic (exact) mass is 273 g/mol. The average Bonchev–Trinajstić information content (AvgIpc) is 2.83. The van der Waals surface area contributed by atoms with Gasteiger partial charge in [-0.15, -0.1) is 0 Å². The summed E-state index contributed by atoms with van der Waals surface area (Å²) in [6.45, 7) is 0.470. The normalized spacial score (nSPS) is 16.1. The Morgan fingerprint density at radius 1 is 0.950 bits per heavy atom. The number of hydrogen-bond donors (Lipinski definition) is 1. The van der Waals surface area contributed by atoms with E-state index in [1.54, 1.807) is 12.1 Å². The van der Waals surface area contributed by atoms with Crippen LogP contribution in [0.15, 0.2) is 42.5 Å². The molecule has 104 valence electrons. The van der Waals surface area contributed by atoms with Gasteiger partial charge in [0.1, 0.15) is 0 Å². The fourth-order valence-corrected chi connectivity index (χ4v) is 3.20. The van der Waals surface area contributed by atoms with Gasteiger partial charge in [0.25, 0.3) is 0 Å². The summed E-state index contributed by atoms with van der Waals surface area (Å²) in [5, 5.41) is 0. The minimum atomic E-state index is -0.787. The molecule has 0 aromatic heterocycles. The SMILES string of the molecule is NCC1(Cc2cccc(F)c2F)Cc2ccccc2C1. The van der Waals surface area contributed by atoms with Crippen LogP contribution in [0.4, 0.5) is 8.78 Å². The van der Waals surface area contributed by atoms with E-state index >= 15 is 0 Å². The topological polar surface area (TPSA) is 26.0 Å². The predicted octanol–water partition coefficient (Wildman–Crippen LogP) is 3.25. The lowest BCUT2D eigenvalue weighted by Gasteiger charge is -2.27. The number of halogens is 2. The third-order valence-corrected chi connectivity index (χ3v) is 4.28. The van der Waals surface area contributed by atoms with E-state index in [1.165, 1.54) is 11.1 Å². The van der Waals surface area contributed by atoms with E-state index in [2.05, 4.69) is 12.1 Å². The molecule has 3 heteroatoms. The van der Waals surface area contributed by atoms with Gasteiger partial charge < -0.3 is 5.73 Å². The number of nitrogens with two attached hydrogens (primary N) is 1. The molecule has 1 aliphatic carbocycles. The molecule has 0 saturated carbocycles. The van der Waals surface area contributed by atoms with Crippen LogP contribution < -0.4 is 5.73 Å². The number of benzene rings is 2. The first-order chi connectivity index (χ1) is 9.63. The van der Waals surface area contributed by atoms with Crippen LogP contribution in [0.1, 0.15) is 16.7 Å². The van der Waals surface area contributed by atoms with E-state index in [0.717, 1.165) is 18.9 Å². The molecule has 0 aliphatic heterocycles. The second-order valence-electron chi connectivity index (χ2n) is 5.72. The molecule has 3 rings (SSSR count). The smallest absolute Gasteiger partial charge is 0.162 e. The van der Waals surface area contributed by atoms with Gasteiger partial charge in [0.2, 0.25) is 0 Å². The molecule has 20 heavy (non-hydrogen) atoms. The maximum Gasteiger partial charge on any atom is 0.162 e. The Hall–Kier alpha value is -1.74. The summed E-state index contributed by atoms with van der Waals surface area (Å²) in [4.78, 5) is 0. The van der Waals surface area contributed by atoms with Crippen molar-refractivity contribution >= 4 is 0 Å². The van der Waals surface area contributed by atoms with E-state index in [1.807, 2.05) is 12.1 Å². The lowest BCUT2D eigenvalue weighted by atomic mass is 9.79. The van der Waals surface area contributed by atoms with Crippen LogP contribution in [-0.2, 0) is 19.3 Å². The fourth-order valence-electron chi connectivity index (χ4n) is 3.20. The lowest BCUT2D eigenvalue weighted by molar-refractivity contribution is 0.308. The van der Waals surface area contributed by atoms with Crippen molar-refractivity contribution in [3.63, 3.8) is 0 Å². The van der Waals surface area contributed by atoms with Crippen molar-refractivity contribution in [1.82, 2.24) is 0 Å². The molecule has 0 amide bonds. The van der Waals surface area contributed by atoms with Crippen molar-refractivity contribution < 1.29 is 8.78 Å². The number of hydrogen-bond acceptors (Lipinski definition) is 1. The minimum Gasteiger partial charge on any atom is -0.330 e. The molecule has 0 heterocycles. The van der Waals surface area contributed by atoms with Crippen molar-refractivity contribution in [2.45, 2.75) is 19.3 Å². The zero-order valence-electron chi connectivity index (χ0n) is 11.2. The van der Waals surface area contributed by atoms with Gasteiger partial charge in [0.05, 0.1) is 0 Å². The van der Waals surface area contributed by atoms with E-state index < -0.39 is 11.6 Å². The Bertz CT molecular complexity index is 612. The second-order valence-corrected chi connectivity index (χ2v) is 5.72. The van der Waals surface area contributed by atoms with Gasteiger partial charge >= 0.3 is 0 Å². The lowest BCUT2D eigenvalue weighted by Crippen LogP contribution is -2.34. The molecule has 0 saturated heterocycles. The van der Waals surface area contributed by atoms with Crippen LogP contribution in [0, 0.1) is 17.0 Å². The van der Waals surface area contributed by atoms with E-state index in [-0.39, 0.29) is 5.41 Å². The van der Waals surface area contributed by atoms with Crippen LogP contribution >= 0.6 is 0 Å². The zero-order valence-corrected chi connectivity index (χ0v) is 11.2. The van der Waals surface area contributed by atoms with Crippen LogP contribution in [0.3, 0.4) is 0 Å². The van der Waals surface area contributed by atoms with E-state index in [9.17, 15) is 8.78 Å². The summed E-state index contributed by atoms with van der Waals surface area (Å²) in [6, 6.07) is 12.6. The molecule has 2 aromatic carbocycles. The Balaban J connectivity index is 1.91. The first kappa shape index (κ1) is 13.3. The number of fused-ring (bicyclic) bond motifs is 1. The fraction of sp³-hybridized carbons (Fsp3) is 0.294. The molecule has 0 radical (unpaired) electrons. The van der Waals surface area contributed by atoms with Crippen molar-refractivity contribution in [3.8, 4) is 0 Å². The highest BCUT2D eigenvalue weighted by Crippen LogP contribution is 2.39. The molecule has 0 fully saturated rings. The highest BCUT2D eigenvalue weighted by Gasteiger charge is 2.36. The third-order valence-electron chi connectivity index (χ3n) is 4.28. The van der Waals surface area contributed by atoms with Gasteiger partial charge in [0, 0.05) is 0 Å². The molecule has 0 unspecified atom stereocenters. The maximum atomic E-state index is 13.9. The summed E-state index contributed by atoms with van der Waals surface area (Å²) in [5.41, 5.74) is 8.74. The Morgan fingerprint density at radius 2 is 1.60 bits per heavy atom. The molecular formula is C17H17F2N. The van der Waals surface area contributed by atoms with E-state index in [4.69, 9.17) is 5.73 Å². The minimum absolute atomic E-state index is 0.196. The largest absolute Gasteiger partial charge is 0.330 e. The zero-order chi connectivity index (χ0) is 14.2. The van der Waals surface area contributed by atoms with E-state index in [0.29, 0.717) is 18.5 Å². The molecule has 2 aromatic rings. The van der Waals surface area contributed by atoms with Gasteiger partial charge in [-0.25, -0.2) is 8.78 Å². The summed E-state index contributed by atoms with van der Waals surface area (Å²) >= 11 is 0. The summed E-state index contributed by atoms with van der Waals surface area (Å²) in [7, 11) is 0. The summed E-state index contributed by atoms with van der Waals surface area (Å²) in [6.07, 6.45) is 2.13. The summed E-state index contributed by atoms with van der Waals surface area (Å²) < 4.78 is 27.2. The maximum absolute atomic E-state index is 13.9. The quantitative estimate of drug-likeness (QED) is 0.912. The third kappa shape index (κ3) is 2.22. The van der Waals surface area contributed by atoms with Crippen molar-refractivity contribution in [3.05, 3.63) is 70.8 Å². The second kappa shape index (κ2) is 4.98. The van der Waals surface area contributed by atoms with Gasteiger partial charge in [-0.1, -0.05) is 36.4 Å². The first-order valence-electron chi connectivity index (χ1n) is 6.83. The van der Waals surface area contributed by atoms with Gasteiger partial charge in [-0.05, 0) is 54.0 Å². The van der Waals surface area contributed by atoms with Gasteiger partial charge in [-0.3, -0.25) is 0 Å². The predicted molar refractivity (Wildman–Crippen MR) is 75.4 cm³/mol. The average molecular weight is 273 g/mol. The standard InChI is InChI=1S/C17H17F2N/c18-15-7-3-6-14(16(15)19)10-17(11-20)8-12-4-1-2-5-13(12)9-17/h1-7H,8-11,20H2. The highest BCUT2D eigenvalue weighted by atomic mass is 19.2. The van der Waals surface area contributed by atoms with Crippen LogP contribution in [0.5, 0.6) is 0 Å². The first-order valence-corrected chi connectivity index (χ1v) is 6.83. The Labute approximate surface area is 117 Å². The Morgan fingerprint density at radius 3 is 2.20 bits per heavy atom. The highest BCUT2D eigenvalue weighted by molar-refractivity contribution is 5.36. The van der Waals surface area contributed by atoms with Crippen LogP contribution in [0.25, 0.3) is 0 Å². The van der Waals surface area contributed by atoms with Crippen LogP contribution in [-0.4, -0.2) is 6.54 Å². The van der Waals surface area contributed by atoms with Gasteiger partial charge in [0.15, 0.2) is 11.6 Å². The van der Waals surface area contributed by atoms with Gasteiger partial charge in [-0.2, -0.15) is 0 Å². The molecule has 1 nitrogen and oxygen atoms in total. The summed E-state index contributed by atoms with van der Waals surface area (Å²) in [5.74, 6) is -1.53. The van der Waals surface area contributed by atoms with Crippen molar-refractivity contribution in [2.24, 2.45) is 11.1 Å². The number of rotatable bonds is 3. The van der Waals surface area contributed by atoms with Crippen molar-refractivity contribution in [1.29, 1.82) is 0 Å². The Kier molecular flexibility index (Phi) is 3.30. The molecule has 1 aliphatic rings. The molecule has 0 bridgehead atoms. The molecule has 0 atom stereocenters.